The van der Waals surface area contributed by atoms with Crippen LogP contribution in [-0.4, -0.2) is 25.9 Å². The van der Waals surface area contributed by atoms with Crippen LogP contribution in [0.1, 0.15) is 0 Å². The molecule has 0 saturated heterocycles. The highest BCUT2D eigenvalue weighted by Crippen LogP contribution is 2.28. The molecule has 0 unspecified atom stereocenters. The van der Waals surface area contributed by atoms with Crippen molar-refractivity contribution in [3.05, 3.63) is 42.5 Å². The second kappa shape index (κ2) is 5.57. The standard InChI is InChI=1S/C12H11N2O6S2/c13-9-6-5-8(7-12(9)22(18,19)20)14-10-3-1-2-4-11(10)21(15,16)17/h1,3-7,14H,13H2,(H,15,16,17)(H,18,19,20). The van der Waals surface area contributed by atoms with Gasteiger partial charge in [-0.1, -0.05) is 6.07 Å². The fraction of sp³-hybridized carbons (Fsp3) is 0. The van der Waals surface area contributed by atoms with E-state index in [1.807, 2.05) is 0 Å². The van der Waals surface area contributed by atoms with Gasteiger partial charge in [-0.2, -0.15) is 16.8 Å². The van der Waals surface area contributed by atoms with Gasteiger partial charge in [0, 0.05) is 5.69 Å². The molecule has 0 amide bonds. The molecule has 10 heteroatoms. The van der Waals surface area contributed by atoms with Gasteiger partial charge in [0.1, 0.15) is 9.79 Å². The van der Waals surface area contributed by atoms with Crippen molar-refractivity contribution in [3.63, 3.8) is 0 Å². The Morgan fingerprint density at radius 3 is 2.23 bits per heavy atom. The third-order valence-corrected chi connectivity index (χ3v) is 4.48. The van der Waals surface area contributed by atoms with Crippen LogP contribution in [0, 0.1) is 6.07 Å². The third kappa shape index (κ3) is 3.54. The van der Waals surface area contributed by atoms with E-state index in [-0.39, 0.29) is 17.1 Å². The number of nitrogen functional groups attached to an aromatic ring is 1. The second-order valence-electron chi connectivity index (χ2n) is 4.25. The molecule has 117 valence electrons. The topological polar surface area (TPSA) is 147 Å². The summed E-state index contributed by atoms with van der Waals surface area (Å²) in [6.45, 7) is 0. The van der Waals surface area contributed by atoms with Gasteiger partial charge in [0.2, 0.25) is 0 Å². The molecule has 0 aliphatic carbocycles. The average molecular weight is 343 g/mol. The Bertz CT molecular complexity index is 922. The van der Waals surface area contributed by atoms with Crippen LogP contribution in [0.4, 0.5) is 17.1 Å². The maximum atomic E-state index is 11.3. The van der Waals surface area contributed by atoms with Crippen LogP contribution in [0.25, 0.3) is 0 Å². The number of nitrogens with two attached hydrogens (primary N) is 1. The molecule has 2 rings (SSSR count). The molecule has 8 nitrogen and oxygen atoms in total. The van der Waals surface area contributed by atoms with Gasteiger partial charge < -0.3 is 11.1 Å². The normalized spacial score (nSPS) is 12.1. The van der Waals surface area contributed by atoms with Crippen molar-refractivity contribution in [1.82, 2.24) is 0 Å². The van der Waals surface area contributed by atoms with Crippen LogP contribution in [-0.2, 0) is 20.2 Å². The largest absolute Gasteiger partial charge is 0.398 e. The Morgan fingerprint density at radius 2 is 1.64 bits per heavy atom. The number of rotatable bonds is 4. The van der Waals surface area contributed by atoms with E-state index in [9.17, 15) is 16.8 Å². The monoisotopic (exact) mass is 343 g/mol. The molecule has 5 N–H and O–H groups in total. The maximum Gasteiger partial charge on any atom is 0.296 e. The number of anilines is 3. The zero-order chi connectivity index (χ0) is 16.5. The van der Waals surface area contributed by atoms with E-state index in [0.717, 1.165) is 12.1 Å². The Hall–Kier alpha value is -2.14. The third-order valence-electron chi connectivity index (χ3n) is 2.67. The van der Waals surface area contributed by atoms with E-state index in [2.05, 4.69) is 11.4 Å². The van der Waals surface area contributed by atoms with Crippen molar-refractivity contribution in [2.24, 2.45) is 0 Å². The van der Waals surface area contributed by atoms with Gasteiger partial charge in [-0.15, -0.1) is 0 Å². The lowest BCUT2D eigenvalue weighted by molar-refractivity contribution is 0.481. The highest BCUT2D eigenvalue weighted by Gasteiger charge is 2.17. The quantitative estimate of drug-likeness (QED) is 0.480. The van der Waals surface area contributed by atoms with Crippen LogP contribution < -0.4 is 11.1 Å². The first-order valence-corrected chi connectivity index (χ1v) is 8.58. The molecule has 22 heavy (non-hydrogen) atoms. The number of benzene rings is 2. The molecule has 0 saturated carbocycles. The smallest absolute Gasteiger partial charge is 0.296 e. The first kappa shape index (κ1) is 16.2. The summed E-state index contributed by atoms with van der Waals surface area (Å²) in [4.78, 5) is -0.950. The van der Waals surface area contributed by atoms with Crippen LogP contribution in [0.5, 0.6) is 0 Å². The SMILES string of the molecule is Nc1ccc(Nc2cc[c]cc2S(=O)(=O)O)cc1S(=O)(=O)O. The van der Waals surface area contributed by atoms with E-state index < -0.39 is 30.0 Å². The summed E-state index contributed by atoms with van der Waals surface area (Å²) in [6.07, 6.45) is 0. The minimum atomic E-state index is -4.53. The first-order chi connectivity index (χ1) is 10.1. The summed E-state index contributed by atoms with van der Waals surface area (Å²) < 4.78 is 63.1. The number of hydrogen-bond donors (Lipinski definition) is 4. The first-order valence-electron chi connectivity index (χ1n) is 5.70. The van der Waals surface area contributed by atoms with Crippen molar-refractivity contribution in [3.8, 4) is 0 Å². The van der Waals surface area contributed by atoms with Gasteiger partial charge in [-0.3, -0.25) is 9.11 Å². The van der Waals surface area contributed by atoms with Crippen LogP contribution in [0.2, 0.25) is 0 Å². The molecule has 2 aromatic carbocycles. The van der Waals surface area contributed by atoms with Crippen molar-refractivity contribution in [1.29, 1.82) is 0 Å². The lowest BCUT2D eigenvalue weighted by Gasteiger charge is -2.11. The van der Waals surface area contributed by atoms with Crippen molar-refractivity contribution in [2.45, 2.75) is 9.79 Å². The molecule has 0 spiro atoms. The highest BCUT2D eigenvalue weighted by molar-refractivity contribution is 7.86. The Balaban J connectivity index is 2.50. The van der Waals surface area contributed by atoms with E-state index in [1.165, 1.54) is 24.3 Å². The van der Waals surface area contributed by atoms with Crippen LogP contribution in [0.15, 0.2) is 46.2 Å². The lowest BCUT2D eigenvalue weighted by atomic mass is 10.2. The summed E-state index contributed by atoms with van der Waals surface area (Å²) in [5.41, 5.74) is 5.46. The fourth-order valence-electron chi connectivity index (χ4n) is 1.72. The lowest BCUT2D eigenvalue weighted by Crippen LogP contribution is -2.06. The van der Waals surface area contributed by atoms with Gasteiger partial charge in [-0.25, -0.2) is 0 Å². The zero-order valence-electron chi connectivity index (χ0n) is 10.9. The average Bonchev–Trinajstić information content (AvgIpc) is 2.39. The van der Waals surface area contributed by atoms with E-state index in [1.54, 1.807) is 0 Å². The van der Waals surface area contributed by atoms with Crippen LogP contribution in [0.3, 0.4) is 0 Å². The van der Waals surface area contributed by atoms with E-state index in [4.69, 9.17) is 14.8 Å². The molecule has 1 radical (unpaired) electrons. The molecular formula is C12H11N2O6S2. The molecule has 0 fully saturated rings. The molecule has 0 bridgehead atoms. The number of hydrogen-bond acceptors (Lipinski definition) is 6. The molecule has 0 aliphatic rings. The predicted molar refractivity (Wildman–Crippen MR) is 79.0 cm³/mol. The van der Waals surface area contributed by atoms with E-state index >= 15 is 0 Å². The van der Waals surface area contributed by atoms with Gasteiger partial charge in [0.25, 0.3) is 20.2 Å². The highest BCUT2D eigenvalue weighted by atomic mass is 32.2. The second-order valence-corrected chi connectivity index (χ2v) is 7.03. The molecular weight excluding hydrogens is 332 g/mol. The van der Waals surface area contributed by atoms with Crippen molar-refractivity contribution < 1.29 is 25.9 Å². The minimum Gasteiger partial charge on any atom is -0.398 e. The molecule has 0 aromatic heterocycles. The summed E-state index contributed by atoms with van der Waals surface area (Å²) in [7, 11) is -9.01. The minimum absolute atomic E-state index is 0.00677. The van der Waals surface area contributed by atoms with Gasteiger partial charge >= 0.3 is 0 Å². The molecule has 0 heterocycles. The number of nitrogens with one attached hydrogen (secondary N) is 1. The van der Waals surface area contributed by atoms with Crippen molar-refractivity contribution in [2.75, 3.05) is 11.1 Å². The summed E-state index contributed by atoms with van der Waals surface area (Å²) in [5.74, 6) is 0. The molecule has 0 atom stereocenters. The summed E-state index contributed by atoms with van der Waals surface area (Å²) in [6, 6.07) is 9.93. The predicted octanol–water partition coefficient (Wildman–Crippen LogP) is 1.31. The summed E-state index contributed by atoms with van der Waals surface area (Å²) in [5, 5.41) is 2.63. The Kier molecular flexibility index (Phi) is 4.11. The van der Waals surface area contributed by atoms with Gasteiger partial charge in [0.05, 0.1) is 11.4 Å². The maximum absolute atomic E-state index is 11.3. The van der Waals surface area contributed by atoms with Crippen molar-refractivity contribution >= 4 is 37.3 Å². The Labute approximate surface area is 127 Å². The molecule has 0 aliphatic heterocycles. The van der Waals surface area contributed by atoms with E-state index in [0.29, 0.717) is 0 Å². The van der Waals surface area contributed by atoms with Gasteiger partial charge in [0.15, 0.2) is 0 Å². The Morgan fingerprint density at radius 1 is 1.00 bits per heavy atom. The molecule has 2 aromatic rings. The van der Waals surface area contributed by atoms with Crippen LogP contribution >= 0.6 is 0 Å². The fourth-order valence-corrected chi connectivity index (χ4v) is 2.98. The summed E-state index contributed by atoms with van der Waals surface area (Å²) >= 11 is 0. The van der Waals surface area contributed by atoms with Gasteiger partial charge in [-0.05, 0) is 36.4 Å². The zero-order valence-corrected chi connectivity index (χ0v) is 12.5.